The van der Waals surface area contributed by atoms with Crippen molar-refractivity contribution >= 4 is 46.0 Å². The average molecular weight is 435 g/mol. The summed E-state index contributed by atoms with van der Waals surface area (Å²) in [6.07, 6.45) is 0.602. The van der Waals surface area contributed by atoms with Crippen LogP contribution in [0.1, 0.15) is 38.3 Å². The SMILES string of the molecule is CC[C@@H](SC1=Nc2ccccc2C2=N[C@@H](C(C)C)C(=O)N12)C(=O)Nc1ccc(C)cc1. The lowest BCUT2D eigenvalue weighted by Crippen LogP contribution is -2.43. The number of fused-ring (bicyclic) bond motifs is 3. The second-order valence-corrected chi connectivity index (χ2v) is 9.27. The monoisotopic (exact) mass is 434 g/mol. The van der Waals surface area contributed by atoms with Gasteiger partial charge in [0, 0.05) is 11.3 Å². The van der Waals surface area contributed by atoms with E-state index in [0.717, 1.165) is 22.5 Å². The second kappa shape index (κ2) is 8.67. The molecule has 0 saturated carbocycles. The van der Waals surface area contributed by atoms with Gasteiger partial charge in [-0.3, -0.25) is 14.6 Å². The maximum Gasteiger partial charge on any atom is 0.259 e. The van der Waals surface area contributed by atoms with Gasteiger partial charge >= 0.3 is 0 Å². The number of aliphatic imine (C=N–C) groups is 2. The summed E-state index contributed by atoms with van der Waals surface area (Å²) in [6, 6.07) is 15.0. The van der Waals surface area contributed by atoms with Gasteiger partial charge in [-0.25, -0.2) is 9.89 Å². The number of carbonyl (C=O) groups excluding carboxylic acids is 2. The molecule has 0 unspecified atom stereocenters. The van der Waals surface area contributed by atoms with Crippen LogP contribution in [0.5, 0.6) is 0 Å². The second-order valence-electron chi connectivity index (χ2n) is 8.10. The van der Waals surface area contributed by atoms with Crippen LogP contribution in [-0.2, 0) is 9.59 Å². The zero-order valence-corrected chi connectivity index (χ0v) is 18.9. The molecule has 31 heavy (non-hydrogen) atoms. The van der Waals surface area contributed by atoms with Gasteiger partial charge in [0.25, 0.3) is 5.91 Å². The van der Waals surface area contributed by atoms with E-state index in [2.05, 4.69) is 5.32 Å². The molecule has 0 radical (unpaired) electrons. The molecule has 0 aliphatic carbocycles. The van der Waals surface area contributed by atoms with Gasteiger partial charge in [-0.2, -0.15) is 0 Å². The van der Waals surface area contributed by atoms with E-state index in [-0.39, 0.29) is 17.7 Å². The molecule has 2 aliphatic rings. The van der Waals surface area contributed by atoms with Crippen molar-refractivity contribution in [1.29, 1.82) is 0 Å². The van der Waals surface area contributed by atoms with Gasteiger partial charge in [0.2, 0.25) is 5.91 Å². The molecule has 1 N–H and O–H groups in total. The number of amides is 2. The number of carbonyl (C=O) groups is 2. The Kier molecular flexibility index (Phi) is 5.96. The molecule has 0 aromatic heterocycles. The Morgan fingerprint density at radius 2 is 1.87 bits per heavy atom. The van der Waals surface area contributed by atoms with E-state index in [1.165, 1.54) is 11.8 Å². The average Bonchev–Trinajstić information content (AvgIpc) is 3.11. The molecule has 0 fully saturated rings. The molecule has 0 bridgehead atoms. The maximum atomic E-state index is 13.2. The minimum atomic E-state index is -0.437. The van der Waals surface area contributed by atoms with E-state index in [9.17, 15) is 9.59 Å². The summed E-state index contributed by atoms with van der Waals surface area (Å²) in [5.41, 5.74) is 3.50. The molecular weight excluding hydrogens is 408 g/mol. The summed E-state index contributed by atoms with van der Waals surface area (Å²) in [5.74, 6) is 0.518. The van der Waals surface area contributed by atoms with Crippen molar-refractivity contribution in [2.75, 3.05) is 5.32 Å². The molecule has 0 saturated heterocycles. The van der Waals surface area contributed by atoms with E-state index in [1.54, 1.807) is 4.90 Å². The quantitative estimate of drug-likeness (QED) is 0.737. The highest BCUT2D eigenvalue weighted by molar-refractivity contribution is 8.15. The van der Waals surface area contributed by atoms with Crippen molar-refractivity contribution in [3.05, 3.63) is 59.7 Å². The Morgan fingerprint density at radius 3 is 2.55 bits per heavy atom. The predicted octanol–water partition coefficient (Wildman–Crippen LogP) is 4.76. The fourth-order valence-electron chi connectivity index (χ4n) is 3.59. The highest BCUT2D eigenvalue weighted by Gasteiger charge is 2.43. The number of para-hydroxylation sites is 1. The molecule has 7 heteroatoms. The van der Waals surface area contributed by atoms with E-state index >= 15 is 0 Å². The Bertz CT molecular complexity index is 1080. The molecule has 2 aromatic carbocycles. The third-order valence-electron chi connectivity index (χ3n) is 5.36. The van der Waals surface area contributed by atoms with E-state index in [0.29, 0.717) is 17.4 Å². The first-order chi connectivity index (χ1) is 14.9. The Hall–Kier alpha value is -2.93. The molecule has 6 nitrogen and oxygen atoms in total. The van der Waals surface area contributed by atoms with Crippen molar-refractivity contribution < 1.29 is 9.59 Å². The van der Waals surface area contributed by atoms with Crippen molar-refractivity contribution in [3.63, 3.8) is 0 Å². The van der Waals surface area contributed by atoms with Gasteiger partial charge in [-0.05, 0) is 43.5 Å². The molecule has 4 rings (SSSR count). The smallest absolute Gasteiger partial charge is 0.259 e. The first-order valence-corrected chi connectivity index (χ1v) is 11.4. The van der Waals surface area contributed by atoms with Gasteiger partial charge in [0.05, 0.1) is 10.9 Å². The molecular formula is C24H26N4O2S. The summed E-state index contributed by atoms with van der Waals surface area (Å²) >= 11 is 1.32. The maximum absolute atomic E-state index is 13.2. The minimum Gasteiger partial charge on any atom is -0.325 e. The fraction of sp³-hybridized carbons (Fsp3) is 0.333. The van der Waals surface area contributed by atoms with Gasteiger partial charge in [0.15, 0.2) is 5.17 Å². The summed E-state index contributed by atoms with van der Waals surface area (Å²) in [7, 11) is 0. The third kappa shape index (κ3) is 4.14. The van der Waals surface area contributed by atoms with E-state index in [4.69, 9.17) is 9.98 Å². The van der Waals surface area contributed by atoms with Crippen LogP contribution in [0.3, 0.4) is 0 Å². The highest BCUT2D eigenvalue weighted by Crippen LogP contribution is 2.36. The number of amidine groups is 2. The molecule has 2 aromatic rings. The highest BCUT2D eigenvalue weighted by atomic mass is 32.2. The summed E-state index contributed by atoms with van der Waals surface area (Å²) in [5, 5.41) is 3.10. The fourth-order valence-corrected chi connectivity index (χ4v) is 4.61. The van der Waals surface area contributed by atoms with Gasteiger partial charge in [-0.1, -0.05) is 62.4 Å². The standard InChI is InChI=1S/C24H26N4O2S/c1-5-19(22(29)25-16-12-10-15(4)11-13-16)31-24-26-18-9-7-6-8-17(18)21-27-20(14(2)3)23(30)28(21)24/h6-14,19-20H,5H2,1-4H3,(H,25,29)/t19-,20+/m1/s1. The van der Waals surface area contributed by atoms with Crippen LogP contribution in [0, 0.1) is 12.8 Å². The number of hydrogen-bond acceptors (Lipinski definition) is 5. The lowest BCUT2D eigenvalue weighted by molar-refractivity contribution is -0.125. The van der Waals surface area contributed by atoms with E-state index < -0.39 is 11.3 Å². The first kappa shape index (κ1) is 21.3. The molecule has 2 heterocycles. The molecule has 160 valence electrons. The number of aryl methyl sites for hydroxylation is 1. The summed E-state index contributed by atoms with van der Waals surface area (Å²) in [6.45, 7) is 7.95. The van der Waals surface area contributed by atoms with Crippen LogP contribution in [0.15, 0.2) is 58.5 Å². The number of anilines is 1. The van der Waals surface area contributed by atoms with Gasteiger partial charge in [-0.15, -0.1) is 0 Å². The van der Waals surface area contributed by atoms with Crippen LogP contribution in [0.25, 0.3) is 0 Å². The van der Waals surface area contributed by atoms with Crippen LogP contribution < -0.4 is 5.32 Å². The molecule has 2 aliphatic heterocycles. The topological polar surface area (TPSA) is 74.1 Å². The lowest BCUT2D eigenvalue weighted by Gasteiger charge is -2.27. The summed E-state index contributed by atoms with van der Waals surface area (Å²) < 4.78 is 0. The van der Waals surface area contributed by atoms with Crippen molar-refractivity contribution in [2.45, 2.75) is 45.4 Å². The van der Waals surface area contributed by atoms with Crippen molar-refractivity contribution in [2.24, 2.45) is 15.9 Å². The lowest BCUT2D eigenvalue weighted by atomic mass is 10.1. The number of thioether (sulfide) groups is 1. The molecule has 2 atom stereocenters. The van der Waals surface area contributed by atoms with Crippen molar-refractivity contribution in [1.82, 2.24) is 4.90 Å². The number of rotatable bonds is 5. The molecule has 0 spiro atoms. The molecule has 2 amide bonds. The Morgan fingerprint density at radius 1 is 1.16 bits per heavy atom. The van der Waals surface area contributed by atoms with Crippen LogP contribution in [0.2, 0.25) is 0 Å². The zero-order chi connectivity index (χ0) is 22.1. The Labute approximate surface area is 186 Å². The first-order valence-electron chi connectivity index (χ1n) is 10.5. The van der Waals surface area contributed by atoms with Crippen LogP contribution >= 0.6 is 11.8 Å². The van der Waals surface area contributed by atoms with Crippen LogP contribution in [-0.4, -0.2) is 39.0 Å². The predicted molar refractivity (Wildman–Crippen MR) is 127 cm³/mol. The number of hydrogen-bond donors (Lipinski definition) is 1. The Balaban J connectivity index is 1.62. The number of nitrogens with one attached hydrogen (secondary N) is 1. The van der Waals surface area contributed by atoms with Crippen LogP contribution in [0.4, 0.5) is 11.4 Å². The number of nitrogens with zero attached hydrogens (tertiary/aromatic N) is 3. The van der Waals surface area contributed by atoms with Crippen molar-refractivity contribution in [3.8, 4) is 0 Å². The van der Waals surface area contributed by atoms with Gasteiger partial charge in [0.1, 0.15) is 11.9 Å². The van der Waals surface area contributed by atoms with E-state index in [1.807, 2.05) is 76.2 Å². The largest absolute Gasteiger partial charge is 0.325 e. The zero-order valence-electron chi connectivity index (χ0n) is 18.1. The summed E-state index contributed by atoms with van der Waals surface area (Å²) in [4.78, 5) is 37.2. The van der Waals surface area contributed by atoms with Gasteiger partial charge < -0.3 is 5.32 Å². The minimum absolute atomic E-state index is 0.0795. The normalized spacial score (nSPS) is 18.3. The number of benzene rings is 2. The third-order valence-corrected chi connectivity index (χ3v) is 6.68.